The normalized spacial score (nSPS) is 24.1. The van der Waals surface area contributed by atoms with Gasteiger partial charge in [0.15, 0.2) is 6.23 Å². The van der Waals surface area contributed by atoms with E-state index in [2.05, 4.69) is 10.0 Å². The van der Waals surface area contributed by atoms with Crippen molar-refractivity contribution in [2.45, 2.75) is 25.6 Å². The molecule has 2 atom stereocenters. The van der Waals surface area contributed by atoms with E-state index in [-0.39, 0.29) is 18.0 Å². The van der Waals surface area contributed by atoms with Gasteiger partial charge in [0.25, 0.3) is 0 Å². The third-order valence-corrected chi connectivity index (χ3v) is 4.31. The molecule has 100 valence electrons. The van der Waals surface area contributed by atoms with Crippen LogP contribution in [0.15, 0.2) is 30.3 Å². The second-order valence-corrected chi connectivity index (χ2v) is 6.26. The number of sulfonamides is 1. The van der Waals surface area contributed by atoms with Crippen LogP contribution >= 0.6 is 0 Å². The molecule has 2 rings (SSSR count). The standard InChI is InChI=1S/C12H18N2O3S/c1-2-18(15,16)14-11-8-9-13-12(11)17-10-6-4-3-5-7-10/h3-7,11-14H,2,8-9H2,1H3. The Morgan fingerprint density at radius 3 is 2.78 bits per heavy atom. The summed E-state index contributed by atoms with van der Waals surface area (Å²) in [6.45, 7) is 2.37. The molecule has 0 amide bonds. The number of nitrogens with one attached hydrogen (secondary N) is 2. The number of rotatable bonds is 5. The fourth-order valence-corrected chi connectivity index (χ4v) is 2.75. The number of ether oxygens (including phenoxy) is 1. The van der Waals surface area contributed by atoms with Crippen LogP contribution in [0.1, 0.15) is 13.3 Å². The zero-order valence-electron chi connectivity index (χ0n) is 10.3. The summed E-state index contributed by atoms with van der Waals surface area (Å²) >= 11 is 0. The second kappa shape index (κ2) is 5.69. The summed E-state index contributed by atoms with van der Waals surface area (Å²) in [6.07, 6.45) is 0.422. The third kappa shape index (κ3) is 3.44. The van der Waals surface area contributed by atoms with E-state index in [1.165, 1.54) is 0 Å². The summed E-state index contributed by atoms with van der Waals surface area (Å²) in [5, 5.41) is 3.15. The molecular formula is C12H18N2O3S. The zero-order chi connectivity index (χ0) is 13.0. The molecule has 2 unspecified atom stereocenters. The first-order valence-corrected chi connectivity index (χ1v) is 7.71. The van der Waals surface area contributed by atoms with Gasteiger partial charge in [0.1, 0.15) is 5.75 Å². The molecule has 1 aliphatic rings. The molecule has 0 aliphatic carbocycles. The first kappa shape index (κ1) is 13.3. The van der Waals surface area contributed by atoms with Crippen molar-refractivity contribution in [1.82, 2.24) is 10.0 Å². The van der Waals surface area contributed by atoms with Crippen molar-refractivity contribution in [2.75, 3.05) is 12.3 Å². The highest BCUT2D eigenvalue weighted by molar-refractivity contribution is 7.89. The number of hydrogen-bond donors (Lipinski definition) is 2. The minimum Gasteiger partial charge on any atom is -0.474 e. The molecular weight excluding hydrogens is 252 g/mol. The molecule has 1 aromatic rings. The van der Waals surface area contributed by atoms with Crippen molar-refractivity contribution in [2.24, 2.45) is 0 Å². The Labute approximate surface area is 108 Å². The van der Waals surface area contributed by atoms with Gasteiger partial charge in [-0.1, -0.05) is 18.2 Å². The molecule has 1 aromatic carbocycles. The first-order chi connectivity index (χ1) is 8.61. The maximum atomic E-state index is 11.6. The van der Waals surface area contributed by atoms with Crippen LogP contribution in [0.2, 0.25) is 0 Å². The van der Waals surface area contributed by atoms with E-state index in [0.29, 0.717) is 0 Å². The van der Waals surface area contributed by atoms with Crippen LogP contribution in [-0.4, -0.2) is 33.0 Å². The molecule has 0 radical (unpaired) electrons. The van der Waals surface area contributed by atoms with Crippen molar-refractivity contribution in [3.63, 3.8) is 0 Å². The minimum atomic E-state index is -3.20. The van der Waals surface area contributed by atoms with Crippen LogP contribution in [0.25, 0.3) is 0 Å². The molecule has 6 heteroatoms. The highest BCUT2D eigenvalue weighted by Crippen LogP contribution is 2.16. The molecule has 1 fully saturated rings. The van der Waals surface area contributed by atoms with Gasteiger partial charge in [0.05, 0.1) is 11.8 Å². The number of para-hydroxylation sites is 1. The monoisotopic (exact) mass is 270 g/mol. The summed E-state index contributed by atoms with van der Waals surface area (Å²) in [5.74, 6) is 0.819. The second-order valence-electron chi connectivity index (χ2n) is 4.22. The minimum absolute atomic E-state index is 0.0849. The van der Waals surface area contributed by atoms with Crippen molar-refractivity contribution < 1.29 is 13.2 Å². The number of hydrogen-bond acceptors (Lipinski definition) is 4. The van der Waals surface area contributed by atoms with E-state index in [9.17, 15) is 8.42 Å². The summed E-state index contributed by atoms with van der Waals surface area (Å²) < 4.78 is 31.5. The van der Waals surface area contributed by atoms with Crippen LogP contribution in [0.5, 0.6) is 5.75 Å². The van der Waals surface area contributed by atoms with Gasteiger partial charge in [0.2, 0.25) is 10.0 Å². The van der Waals surface area contributed by atoms with Crippen molar-refractivity contribution in [3.05, 3.63) is 30.3 Å². The molecule has 0 spiro atoms. The lowest BCUT2D eigenvalue weighted by atomic mass is 10.2. The van der Waals surface area contributed by atoms with Gasteiger partial charge >= 0.3 is 0 Å². The maximum Gasteiger partial charge on any atom is 0.211 e. The van der Waals surface area contributed by atoms with E-state index in [0.717, 1.165) is 18.7 Å². The average molecular weight is 270 g/mol. The Kier molecular flexibility index (Phi) is 4.21. The predicted octanol–water partition coefficient (Wildman–Crippen LogP) is 0.693. The van der Waals surface area contributed by atoms with E-state index >= 15 is 0 Å². The molecule has 2 N–H and O–H groups in total. The summed E-state index contributed by atoms with van der Waals surface area (Å²) in [5.41, 5.74) is 0. The van der Waals surface area contributed by atoms with Crippen LogP contribution in [0.3, 0.4) is 0 Å². The highest BCUT2D eigenvalue weighted by atomic mass is 32.2. The molecule has 0 aromatic heterocycles. The van der Waals surface area contributed by atoms with E-state index in [1.807, 2.05) is 30.3 Å². The van der Waals surface area contributed by atoms with Crippen LogP contribution < -0.4 is 14.8 Å². The lowest BCUT2D eigenvalue weighted by Gasteiger charge is -2.21. The molecule has 1 heterocycles. The van der Waals surface area contributed by atoms with Gasteiger partial charge in [-0.25, -0.2) is 13.1 Å². The lowest BCUT2D eigenvalue weighted by molar-refractivity contribution is 0.164. The highest BCUT2D eigenvalue weighted by Gasteiger charge is 2.31. The van der Waals surface area contributed by atoms with Gasteiger partial charge in [-0.3, -0.25) is 5.32 Å². The van der Waals surface area contributed by atoms with Crippen molar-refractivity contribution in [1.29, 1.82) is 0 Å². The van der Waals surface area contributed by atoms with E-state index in [1.54, 1.807) is 6.92 Å². The summed E-state index contributed by atoms with van der Waals surface area (Å²) in [6, 6.07) is 9.17. The molecule has 18 heavy (non-hydrogen) atoms. The van der Waals surface area contributed by atoms with Gasteiger partial charge in [-0.2, -0.15) is 0 Å². The Morgan fingerprint density at radius 2 is 2.11 bits per heavy atom. The third-order valence-electron chi connectivity index (χ3n) is 2.88. The first-order valence-electron chi connectivity index (χ1n) is 6.06. The van der Waals surface area contributed by atoms with E-state index < -0.39 is 10.0 Å². The topological polar surface area (TPSA) is 67.4 Å². The van der Waals surface area contributed by atoms with Crippen molar-refractivity contribution in [3.8, 4) is 5.75 Å². The van der Waals surface area contributed by atoms with Gasteiger partial charge in [-0.15, -0.1) is 0 Å². The number of benzene rings is 1. The summed E-state index contributed by atoms with van der Waals surface area (Å²) in [4.78, 5) is 0. The fraction of sp³-hybridized carbons (Fsp3) is 0.500. The fourth-order valence-electron chi connectivity index (χ4n) is 1.88. The van der Waals surface area contributed by atoms with Crippen LogP contribution in [0, 0.1) is 0 Å². The molecule has 1 aliphatic heterocycles. The summed E-state index contributed by atoms with van der Waals surface area (Å²) in [7, 11) is -3.20. The quantitative estimate of drug-likeness (QED) is 0.826. The maximum absolute atomic E-state index is 11.6. The predicted molar refractivity (Wildman–Crippen MR) is 69.9 cm³/mol. The van der Waals surface area contributed by atoms with E-state index in [4.69, 9.17) is 4.74 Å². The Balaban J connectivity index is 2.00. The van der Waals surface area contributed by atoms with Gasteiger partial charge in [0, 0.05) is 6.54 Å². The van der Waals surface area contributed by atoms with Gasteiger partial charge < -0.3 is 4.74 Å². The molecule has 0 saturated carbocycles. The molecule has 1 saturated heterocycles. The SMILES string of the molecule is CCS(=O)(=O)NC1CCNC1Oc1ccccc1. The largest absolute Gasteiger partial charge is 0.474 e. The van der Waals surface area contributed by atoms with Crippen LogP contribution in [-0.2, 0) is 10.0 Å². The smallest absolute Gasteiger partial charge is 0.211 e. The Hall–Kier alpha value is -1.11. The average Bonchev–Trinajstić information content (AvgIpc) is 2.77. The molecule has 0 bridgehead atoms. The lowest BCUT2D eigenvalue weighted by Crippen LogP contribution is -2.47. The Morgan fingerprint density at radius 1 is 1.39 bits per heavy atom. The van der Waals surface area contributed by atoms with Crippen molar-refractivity contribution >= 4 is 10.0 Å². The molecule has 5 nitrogen and oxygen atoms in total. The Bertz CT molecular complexity index is 475. The van der Waals surface area contributed by atoms with Gasteiger partial charge in [-0.05, 0) is 25.5 Å². The zero-order valence-corrected chi connectivity index (χ0v) is 11.1. The van der Waals surface area contributed by atoms with Crippen LogP contribution in [0.4, 0.5) is 0 Å².